The summed E-state index contributed by atoms with van der Waals surface area (Å²) in [6, 6.07) is 3.37. The van der Waals surface area contributed by atoms with E-state index in [1.807, 2.05) is 0 Å². The Morgan fingerprint density at radius 3 is 2.71 bits per heavy atom. The molecule has 2 N–H and O–H groups in total. The van der Waals surface area contributed by atoms with Gasteiger partial charge >= 0.3 is 11.8 Å². The molecule has 0 aliphatic carbocycles. The van der Waals surface area contributed by atoms with Gasteiger partial charge in [-0.1, -0.05) is 6.07 Å². The third kappa shape index (κ3) is 4.01. The summed E-state index contributed by atoms with van der Waals surface area (Å²) < 4.78 is 32.1. The molecule has 0 saturated heterocycles. The smallest absolute Gasteiger partial charge is 0.404 e. The molecule has 9 nitrogen and oxygen atoms in total. The van der Waals surface area contributed by atoms with E-state index >= 15 is 0 Å². The number of ether oxygens (including phenoxy) is 1. The van der Waals surface area contributed by atoms with Crippen molar-refractivity contribution >= 4 is 22.0 Å². The summed E-state index contributed by atoms with van der Waals surface area (Å²) in [7, 11) is 0. The van der Waals surface area contributed by atoms with Crippen LogP contribution in [0, 0.1) is 6.92 Å². The molecule has 0 spiro atoms. The van der Waals surface area contributed by atoms with E-state index in [1.165, 1.54) is 0 Å². The van der Waals surface area contributed by atoms with Crippen LogP contribution in [0.5, 0.6) is 0 Å². The zero-order chi connectivity index (χ0) is 17.9. The third-order valence-electron chi connectivity index (χ3n) is 2.87. The summed E-state index contributed by atoms with van der Waals surface area (Å²) in [5.41, 5.74) is 3.97. The van der Waals surface area contributed by atoms with Crippen molar-refractivity contribution in [2.24, 2.45) is 5.73 Å². The minimum atomic E-state index is -2.10. The zero-order valence-electron chi connectivity index (χ0n) is 12.2. The van der Waals surface area contributed by atoms with E-state index in [4.69, 9.17) is 5.73 Å². The number of carbonyl (C=O) groups is 1. The van der Waals surface area contributed by atoms with Crippen molar-refractivity contribution in [2.75, 3.05) is 6.61 Å². The van der Waals surface area contributed by atoms with Gasteiger partial charge in [0.1, 0.15) is 11.2 Å². The zero-order valence-corrected chi connectivity index (χ0v) is 13.8. The molecule has 24 heavy (non-hydrogen) atoms. The van der Waals surface area contributed by atoms with E-state index in [1.54, 1.807) is 19.1 Å². The molecule has 128 valence electrons. The van der Waals surface area contributed by atoms with Gasteiger partial charge in [-0.15, -0.1) is 4.68 Å². The maximum atomic E-state index is 12.9. The molecule has 12 heteroatoms. The molecule has 1 amide bonds. The number of hydrogen-bond donors (Lipinski definition) is 1. The number of carbonyl (C=O) groups excluding carboxylic acids is 1. The fourth-order valence-electron chi connectivity index (χ4n) is 1.71. The molecule has 0 aromatic carbocycles. The highest BCUT2D eigenvalue weighted by atomic mass is 79.9. The number of pyridine rings is 1. The van der Waals surface area contributed by atoms with Gasteiger partial charge in [0.2, 0.25) is 0 Å². The Bertz CT molecular complexity index is 859. The van der Waals surface area contributed by atoms with Gasteiger partial charge in [-0.3, -0.25) is 0 Å². The molecule has 0 aliphatic heterocycles. The SMILES string of the molecule is Cc1ccc(Br)nc1-n1nnn(CC(COC(N)=O)=C(F)F)c1=O. The number of tetrazole rings is 1. The van der Waals surface area contributed by atoms with Crippen LogP contribution >= 0.6 is 15.9 Å². The van der Waals surface area contributed by atoms with Crippen molar-refractivity contribution in [1.82, 2.24) is 24.8 Å². The number of halogens is 3. The molecule has 2 aromatic rings. The summed E-state index contributed by atoms with van der Waals surface area (Å²) in [5, 5.41) is 7.16. The van der Waals surface area contributed by atoms with Crippen molar-refractivity contribution < 1.29 is 18.3 Å². The topological polar surface area (TPSA) is 118 Å². The van der Waals surface area contributed by atoms with Crippen molar-refractivity contribution in [1.29, 1.82) is 0 Å². The number of nitrogens with two attached hydrogens (primary N) is 1. The van der Waals surface area contributed by atoms with Crippen molar-refractivity contribution in [3.63, 3.8) is 0 Å². The van der Waals surface area contributed by atoms with Gasteiger partial charge < -0.3 is 10.5 Å². The Balaban J connectivity index is 2.33. The standard InChI is InChI=1S/C12H11BrF2N6O3/c1-6-2-3-8(13)17-10(6)21-12(23)20(18-19-21)4-7(9(14)15)5-24-11(16)22/h2-3H,4-5H2,1H3,(H2,16,22). The van der Waals surface area contributed by atoms with E-state index in [0.717, 1.165) is 4.68 Å². The fraction of sp³-hybridized carbons (Fsp3) is 0.250. The van der Waals surface area contributed by atoms with E-state index < -0.39 is 36.6 Å². The Labute approximate surface area is 141 Å². The molecular formula is C12H11BrF2N6O3. The van der Waals surface area contributed by atoms with Gasteiger partial charge in [-0.05, 0) is 44.9 Å². The Morgan fingerprint density at radius 2 is 2.08 bits per heavy atom. The predicted molar refractivity (Wildman–Crippen MR) is 80.6 cm³/mol. The molecule has 0 unspecified atom stereocenters. The monoisotopic (exact) mass is 404 g/mol. The normalized spacial score (nSPS) is 10.5. The Kier molecular flexibility index (Phi) is 5.39. The highest BCUT2D eigenvalue weighted by molar-refractivity contribution is 9.10. The van der Waals surface area contributed by atoms with Crippen LogP contribution in [0.25, 0.3) is 5.82 Å². The number of aryl methyl sites for hydroxylation is 1. The number of aromatic nitrogens is 5. The van der Waals surface area contributed by atoms with Crippen LogP contribution in [0.4, 0.5) is 13.6 Å². The number of rotatable bonds is 5. The maximum absolute atomic E-state index is 12.9. The van der Waals surface area contributed by atoms with E-state index in [2.05, 4.69) is 36.1 Å². The first-order valence-electron chi connectivity index (χ1n) is 6.41. The van der Waals surface area contributed by atoms with Crippen LogP contribution in [-0.4, -0.2) is 37.5 Å². The number of nitrogens with zero attached hydrogens (tertiary/aromatic N) is 5. The summed E-state index contributed by atoms with van der Waals surface area (Å²) >= 11 is 3.17. The molecule has 0 aliphatic rings. The molecule has 0 saturated carbocycles. The van der Waals surface area contributed by atoms with Gasteiger partial charge in [-0.2, -0.15) is 13.5 Å². The number of hydrogen-bond acceptors (Lipinski definition) is 6. The second-order valence-corrected chi connectivity index (χ2v) is 5.39. The molecule has 2 heterocycles. The van der Waals surface area contributed by atoms with Gasteiger partial charge in [0, 0.05) is 0 Å². The lowest BCUT2D eigenvalue weighted by Crippen LogP contribution is -2.27. The summed E-state index contributed by atoms with van der Waals surface area (Å²) in [6.45, 7) is 0.333. The fourth-order valence-corrected chi connectivity index (χ4v) is 2.01. The quantitative estimate of drug-likeness (QED) is 0.746. The van der Waals surface area contributed by atoms with Gasteiger partial charge in [-0.25, -0.2) is 14.6 Å². The minimum absolute atomic E-state index is 0.209. The van der Waals surface area contributed by atoms with Crippen LogP contribution in [0.3, 0.4) is 0 Å². The first-order valence-corrected chi connectivity index (χ1v) is 7.20. The minimum Gasteiger partial charge on any atom is -0.445 e. The largest absolute Gasteiger partial charge is 0.445 e. The predicted octanol–water partition coefficient (Wildman–Crippen LogP) is 1.14. The van der Waals surface area contributed by atoms with Crippen molar-refractivity contribution in [3.8, 4) is 5.82 Å². The average molecular weight is 405 g/mol. The van der Waals surface area contributed by atoms with Crippen LogP contribution in [-0.2, 0) is 11.3 Å². The molecule has 0 atom stereocenters. The van der Waals surface area contributed by atoms with Crippen LogP contribution in [0.1, 0.15) is 5.56 Å². The second-order valence-electron chi connectivity index (χ2n) is 4.58. The summed E-state index contributed by atoms with van der Waals surface area (Å²) in [5.74, 6) is 0.209. The lowest BCUT2D eigenvalue weighted by Gasteiger charge is -2.05. The Morgan fingerprint density at radius 1 is 1.38 bits per heavy atom. The van der Waals surface area contributed by atoms with Crippen molar-refractivity contribution in [3.05, 3.63) is 44.4 Å². The van der Waals surface area contributed by atoms with E-state index in [-0.39, 0.29) is 5.82 Å². The average Bonchev–Trinajstić information content (AvgIpc) is 2.86. The van der Waals surface area contributed by atoms with Crippen molar-refractivity contribution in [2.45, 2.75) is 13.5 Å². The van der Waals surface area contributed by atoms with E-state index in [9.17, 15) is 18.4 Å². The highest BCUT2D eigenvalue weighted by Gasteiger charge is 2.16. The van der Waals surface area contributed by atoms with Gasteiger partial charge in [0.25, 0.3) is 6.08 Å². The molecule has 2 rings (SSSR count). The molecule has 0 bridgehead atoms. The van der Waals surface area contributed by atoms with Gasteiger partial charge in [0.15, 0.2) is 5.82 Å². The van der Waals surface area contributed by atoms with Crippen LogP contribution < -0.4 is 11.4 Å². The number of primary amides is 1. The van der Waals surface area contributed by atoms with Gasteiger partial charge in [0.05, 0.1) is 12.1 Å². The second kappa shape index (κ2) is 7.29. The third-order valence-corrected chi connectivity index (χ3v) is 3.31. The molecule has 0 fully saturated rings. The summed E-state index contributed by atoms with van der Waals surface area (Å²) in [6.07, 6.45) is -3.31. The lowest BCUT2D eigenvalue weighted by atomic mass is 10.3. The summed E-state index contributed by atoms with van der Waals surface area (Å²) in [4.78, 5) is 26.9. The first-order chi connectivity index (χ1) is 11.3. The highest BCUT2D eigenvalue weighted by Crippen LogP contribution is 2.13. The maximum Gasteiger partial charge on any atom is 0.404 e. The molecular weight excluding hydrogens is 394 g/mol. The van der Waals surface area contributed by atoms with Crippen LogP contribution in [0.15, 0.2) is 33.2 Å². The lowest BCUT2D eigenvalue weighted by molar-refractivity contribution is 0.163. The molecule has 2 aromatic heterocycles. The number of amides is 1. The first kappa shape index (κ1) is 17.7. The Hall–Kier alpha value is -2.63. The molecule has 0 radical (unpaired) electrons. The van der Waals surface area contributed by atoms with E-state index in [0.29, 0.717) is 14.8 Å². The van der Waals surface area contributed by atoms with Crippen LogP contribution in [0.2, 0.25) is 0 Å².